The van der Waals surface area contributed by atoms with Crippen LogP contribution in [0, 0.1) is 0 Å². The second kappa shape index (κ2) is 5.79. The molecule has 0 radical (unpaired) electrons. The third-order valence-electron chi connectivity index (χ3n) is 3.38. The van der Waals surface area contributed by atoms with Gasteiger partial charge in [0, 0.05) is 17.0 Å². The number of halogens is 3. The van der Waals surface area contributed by atoms with Crippen molar-refractivity contribution in [2.75, 3.05) is 0 Å². The van der Waals surface area contributed by atoms with Crippen LogP contribution in [0.5, 0.6) is 5.75 Å². The molecule has 3 rings (SSSR count). The minimum atomic E-state index is -4.34. The number of fused-ring (bicyclic) bond motifs is 1. The highest BCUT2D eigenvalue weighted by atomic mass is 19.4. The van der Waals surface area contributed by atoms with Gasteiger partial charge in [-0.2, -0.15) is 13.2 Å². The minimum absolute atomic E-state index is 0.160. The maximum atomic E-state index is 12.5. The first-order valence-corrected chi connectivity index (χ1v) is 6.84. The first kappa shape index (κ1) is 15.1. The Bertz CT molecular complexity index is 883. The Morgan fingerprint density at radius 2 is 1.70 bits per heavy atom. The summed E-state index contributed by atoms with van der Waals surface area (Å²) in [5, 5.41) is 0.814. The molecule has 0 atom stereocenters. The molecule has 0 aliphatic carbocycles. The average molecular weight is 319 g/mol. The lowest BCUT2D eigenvalue weighted by molar-refractivity contribution is -0.137. The summed E-state index contributed by atoms with van der Waals surface area (Å²) in [6, 6.07) is 13.1. The third kappa shape index (κ3) is 3.53. The molecule has 0 unspecified atom stereocenters. The lowest BCUT2D eigenvalue weighted by Gasteiger charge is -2.09. The molecule has 0 spiro atoms. The molecule has 118 valence electrons. The van der Waals surface area contributed by atoms with E-state index in [-0.39, 0.29) is 12.2 Å². The fourth-order valence-electron chi connectivity index (χ4n) is 2.18. The molecule has 0 aliphatic rings. The largest absolute Gasteiger partial charge is 0.489 e. The molecule has 1 aromatic heterocycles. The zero-order valence-electron chi connectivity index (χ0n) is 11.9. The highest BCUT2D eigenvalue weighted by molar-refractivity contribution is 5.79. The van der Waals surface area contributed by atoms with E-state index in [0.717, 1.165) is 17.5 Å². The number of hydrogen-bond acceptors (Lipinski definition) is 2. The Morgan fingerprint density at radius 3 is 2.39 bits per heavy atom. The van der Waals surface area contributed by atoms with Gasteiger partial charge < -0.3 is 9.72 Å². The number of aromatic nitrogens is 1. The zero-order chi connectivity index (χ0) is 16.4. The highest BCUT2D eigenvalue weighted by Gasteiger charge is 2.29. The van der Waals surface area contributed by atoms with Crippen LogP contribution in [0.1, 0.15) is 11.1 Å². The number of alkyl halides is 3. The van der Waals surface area contributed by atoms with Crippen LogP contribution in [-0.4, -0.2) is 4.98 Å². The van der Waals surface area contributed by atoms with Gasteiger partial charge in [0.1, 0.15) is 12.4 Å². The summed E-state index contributed by atoms with van der Waals surface area (Å²) in [6.45, 7) is 0.160. The van der Waals surface area contributed by atoms with Crippen molar-refractivity contribution in [2.24, 2.45) is 0 Å². The second-order valence-electron chi connectivity index (χ2n) is 5.05. The van der Waals surface area contributed by atoms with Crippen molar-refractivity contribution in [3.05, 3.63) is 76.1 Å². The Labute approximate surface area is 129 Å². The number of benzene rings is 2. The normalized spacial score (nSPS) is 11.6. The molecular formula is C17H12F3NO2. The SMILES string of the molecule is O=c1ccc2cc(OCc3ccc(C(F)(F)F)cc3)ccc2[nH]1. The minimum Gasteiger partial charge on any atom is -0.489 e. The van der Waals surface area contributed by atoms with E-state index >= 15 is 0 Å². The first-order chi connectivity index (χ1) is 10.9. The van der Waals surface area contributed by atoms with Gasteiger partial charge in [0.25, 0.3) is 0 Å². The summed E-state index contributed by atoms with van der Waals surface area (Å²) in [7, 11) is 0. The number of H-pyrrole nitrogens is 1. The number of aromatic amines is 1. The van der Waals surface area contributed by atoms with Crippen LogP contribution in [0.3, 0.4) is 0 Å². The van der Waals surface area contributed by atoms with E-state index in [9.17, 15) is 18.0 Å². The summed E-state index contributed by atoms with van der Waals surface area (Å²) in [6.07, 6.45) is -4.34. The fraction of sp³-hybridized carbons (Fsp3) is 0.118. The maximum absolute atomic E-state index is 12.5. The fourth-order valence-corrected chi connectivity index (χ4v) is 2.18. The molecule has 0 fully saturated rings. The lowest BCUT2D eigenvalue weighted by Crippen LogP contribution is -2.05. The molecule has 0 saturated heterocycles. The van der Waals surface area contributed by atoms with Crippen molar-refractivity contribution in [1.82, 2.24) is 4.98 Å². The standard InChI is InChI=1S/C17H12F3NO2/c18-17(19,20)13-4-1-11(2-5-13)10-23-14-6-7-15-12(9-14)3-8-16(22)21-15/h1-9H,10H2,(H,21,22). The van der Waals surface area contributed by atoms with Crippen LogP contribution in [0.25, 0.3) is 10.9 Å². The maximum Gasteiger partial charge on any atom is 0.416 e. The monoisotopic (exact) mass is 319 g/mol. The van der Waals surface area contributed by atoms with Crippen molar-refractivity contribution < 1.29 is 17.9 Å². The van der Waals surface area contributed by atoms with E-state index in [1.54, 1.807) is 24.3 Å². The van der Waals surface area contributed by atoms with Crippen molar-refractivity contribution in [1.29, 1.82) is 0 Å². The van der Waals surface area contributed by atoms with Gasteiger partial charge in [-0.3, -0.25) is 4.79 Å². The molecule has 0 saturated carbocycles. The molecule has 1 heterocycles. The zero-order valence-corrected chi connectivity index (χ0v) is 11.9. The van der Waals surface area contributed by atoms with Crippen LogP contribution in [0.2, 0.25) is 0 Å². The van der Waals surface area contributed by atoms with Gasteiger partial charge in [-0.1, -0.05) is 12.1 Å². The quantitative estimate of drug-likeness (QED) is 0.789. The molecule has 3 aromatic rings. The van der Waals surface area contributed by atoms with Crippen molar-refractivity contribution >= 4 is 10.9 Å². The molecule has 23 heavy (non-hydrogen) atoms. The first-order valence-electron chi connectivity index (χ1n) is 6.84. The molecule has 0 amide bonds. The Balaban J connectivity index is 1.73. The van der Waals surface area contributed by atoms with E-state index in [1.807, 2.05) is 0 Å². The van der Waals surface area contributed by atoms with Gasteiger partial charge in [-0.05, 0) is 42.0 Å². The Morgan fingerprint density at radius 1 is 0.957 bits per heavy atom. The average Bonchev–Trinajstić information content (AvgIpc) is 2.52. The predicted molar refractivity (Wildman–Crippen MR) is 80.3 cm³/mol. The Kier molecular flexibility index (Phi) is 3.82. The van der Waals surface area contributed by atoms with Gasteiger partial charge in [-0.25, -0.2) is 0 Å². The van der Waals surface area contributed by atoms with Crippen molar-refractivity contribution in [2.45, 2.75) is 12.8 Å². The summed E-state index contributed by atoms with van der Waals surface area (Å²) in [4.78, 5) is 13.9. The summed E-state index contributed by atoms with van der Waals surface area (Å²) in [5.41, 5.74) is 0.464. The molecule has 6 heteroatoms. The van der Waals surface area contributed by atoms with Gasteiger partial charge in [-0.15, -0.1) is 0 Å². The number of rotatable bonds is 3. The molecule has 3 nitrogen and oxygen atoms in total. The molecule has 0 aliphatic heterocycles. The highest BCUT2D eigenvalue weighted by Crippen LogP contribution is 2.29. The number of hydrogen-bond donors (Lipinski definition) is 1. The van der Waals surface area contributed by atoms with Crippen LogP contribution >= 0.6 is 0 Å². The summed E-state index contributed by atoms with van der Waals surface area (Å²) >= 11 is 0. The van der Waals surface area contributed by atoms with Crippen LogP contribution < -0.4 is 10.3 Å². The van der Waals surface area contributed by atoms with Gasteiger partial charge in [0.05, 0.1) is 5.56 Å². The Hall–Kier alpha value is -2.76. The topological polar surface area (TPSA) is 42.1 Å². The van der Waals surface area contributed by atoms with Gasteiger partial charge in [0.15, 0.2) is 0 Å². The van der Waals surface area contributed by atoms with E-state index in [4.69, 9.17) is 4.74 Å². The van der Waals surface area contributed by atoms with Crippen LogP contribution in [-0.2, 0) is 12.8 Å². The number of ether oxygens (including phenoxy) is 1. The molecular weight excluding hydrogens is 307 g/mol. The van der Waals surface area contributed by atoms with E-state index in [1.165, 1.54) is 18.2 Å². The van der Waals surface area contributed by atoms with Crippen LogP contribution in [0.15, 0.2) is 59.4 Å². The second-order valence-corrected chi connectivity index (χ2v) is 5.05. The number of pyridine rings is 1. The van der Waals surface area contributed by atoms with Gasteiger partial charge >= 0.3 is 6.18 Å². The van der Waals surface area contributed by atoms with Crippen molar-refractivity contribution in [3.8, 4) is 5.75 Å². The number of nitrogens with one attached hydrogen (secondary N) is 1. The molecule has 0 bridgehead atoms. The van der Waals surface area contributed by atoms with E-state index in [2.05, 4.69) is 4.98 Å². The molecule has 1 N–H and O–H groups in total. The predicted octanol–water partition coefficient (Wildman–Crippen LogP) is 4.13. The van der Waals surface area contributed by atoms with E-state index < -0.39 is 11.7 Å². The van der Waals surface area contributed by atoms with Crippen LogP contribution in [0.4, 0.5) is 13.2 Å². The van der Waals surface area contributed by atoms with E-state index in [0.29, 0.717) is 16.8 Å². The lowest BCUT2D eigenvalue weighted by atomic mass is 10.1. The summed E-state index contributed by atoms with van der Waals surface area (Å²) in [5.74, 6) is 0.574. The smallest absolute Gasteiger partial charge is 0.416 e. The summed E-state index contributed by atoms with van der Waals surface area (Å²) < 4.78 is 43.1. The van der Waals surface area contributed by atoms with Crippen molar-refractivity contribution in [3.63, 3.8) is 0 Å². The van der Waals surface area contributed by atoms with Gasteiger partial charge in [0.2, 0.25) is 5.56 Å². The molecule has 2 aromatic carbocycles. The third-order valence-corrected chi connectivity index (χ3v) is 3.38.